The minimum absolute atomic E-state index is 0.457. The Bertz CT molecular complexity index is 134. The summed E-state index contributed by atoms with van der Waals surface area (Å²) in [5, 5.41) is 0. The first-order valence-electron chi connectivity index (χ1n) is 5.79. The normalized spacial score (nSPS) is 14.4. The topological polar surface area (TPSA) is 9.23 Å². The van der Waals surface area contributed by atoms with Crippen LogP contribution in [0.5, 0.6) is 0 Å². The zero-order chi connectivity index (χ0) is 11.0. The van der Waals surface area contributed by atoms with Gasteiger partial charge in [-0.1, -0.05) is 33.1 Å². The molecule has 86 valence electrons. The number of unbranched alkanes of at least 4 members (excludes halogenated alkanes) is 2. The first-order valence-corrected chi connectivity index (χ1v) is 10.2. The highest BCUT2D eigenvalue weighted by molar-refractivity contribution is 7.99. The van der Waals surface area contributed by atoms with Gasteiger partial charge in [-0.05, 0) is 31.8 Å². The predicted octanol–water partition coefficient (Wildman–Crippen LogP) is 4.50. The van der Waals surface area contributed by atoms with Crippen molar-refractivity contribution in [3.8, 4) is 0 Å². The van der Waals surface area contributed by atoms with Crippen molar-refractivity contribution in [1.82, 2.24) is 0 Å². The van der Waals surface area contributed by atoms with Gasteiger partial charge in [0.25, 0.3) is 0 Å². The summed E-state index contributed by atoms with van der Waals surface area (Å²) in [5.41, 5.74) is 0.457. The summed E-state index contributed by atoms with van der Waals surface area (Å²) in [7, 11) is -1.34. The number of hydrogen-bond donors (Lipinski definition) is 0. The average Bonchev–Trinajstić information content (AvgIpc) is 2.02. The van der Waals surface area contributed by atoms with E-state index in [1.54, 1.807) is 0 Å². The van der Waals surface area contributed by atoms with Gasteiger partial charge in [0.15, 0.2) is 8.32 Å². The fourth-order valence-corrected chi connectivity index (χ4v) is 4.07. The number of thioether (sulfide) groups is 1. The molecule has 0 bridgehead atoms. The van der Waals surface area contributed by atoms with Crippen LogP contribution in [0.4, 0.5) is 0 Å². The van der Waals surface area contributed by atoms with Crippen molar-refractivity contribution in [3.05, 3.63) is 0 Å². The maximum Gasteiger partial charge on any atom is 0.185 e. The van der Waals surface area contributed by atoms with Crippen LogP contribution >= 0.6 is 11.8 Å². The lowest BCUT2D eigenvalue weighted by atomic mass is 10.2. The lowest BCUT2D eigenvalue weighted by Gasteiger charge is -2.25. The molecule has 0 aromatic heterocycles. The lowest BCUT2D eigenvalue weighted by molar-refractivity contribution is 0.265. The molecule has 0 aromatic carbocycles. The zero-order valence-electron chi connectivity index (χ0n) is 10.4. The van der Waals surface area contributed by atoms with Crippen LogP contribution in [0.25, 0.3) is 0 Å². The molecule has 0 aliphatic heterocycles. The maximum atomic E-state index is 6.13. The molecule has 1 nitrogen and oxygen atoms in total. The van der Waals surface area contributed by atoms with Crippen molar-refractivity contribution in [2.45, 2.75) is 64.6 Å². The molecule has 3 heteroatoms. The largest absolute Gasteiger partial charge is 0.406 e. The Hall–Kier alpha value is 0.527. The number of hydrogen-bond acceptors (Lipinski definition) is 2. The Kier molecular flexibility index (Phi) is 8.06. The fraction of sp³-hybridized carbons (Fsp3) is 1.00. The molecule has 0 fully saturated rings. The highest BCUT2D eigenvalue weighted by atomic mass is 32.2. The van der Waals surface area contributed by atoms with Gasteiger partial charge in [-0.3, -0.25) is 0 Å². The fourth-order valence-electron chi connectivity index (χ4n) is 1.32. The van der Waals surface area contributed by atoms with Crippen molar-refractivity contribution in [2.24, 2.45) is 0 Å². The second kappa shape index (κ2) is 7.77. The van der Waals surface area contributed by atoms with E-state index < -0.39 is 8.32 Å². The van der Waals surface area contributed by atoms with Gasteiger partial charge in [0.05, 0.1) is 5.44 Å². The first-order chi connectivity index (χ1) is 6.49. The van der Waals surface area contributed by atoms with E-state index in [-0.39, 0.29) is 0 Å². The molecule has 0 saturated carbocycles. The summed E-state index contributed by atoms with van der Waals surface area (Å²) in [5.74, 6) is 1.17. The summed E-state index contributed by atoms with van der Waals surface area (Å²) in [4.78, 5) is 0. The Morgan fingerprint density at radius 2 is 1.79 bits per heavy atom. The van der Waals surface area contributed by atoms with Crippen molar-refractivity contribution < 1.29 is 4.43 Å². The van der Waals surface area contributed by atoms with Crippen molar-refractivity contribution in [3.63, 3.8) is 0 Å². The molecule has 14 heavy (non-hydrogen) atoms. The van der Waals surface area contributed by atoms with Crippen molar-refractivity contribution in [1.29, 1.82) is 0 Å². The Labute approximate surface area is 95.1 Å². The molecule has 0 radical (unpaired) electrons. The van der Waals surface area contributed by atoms with E-state index in [0.29, 0.717) is 5.44 Å². The molecular formula is C11H26OSSi. The Morgan fingerprint density at radius 1 is 1.14 bits per heavy atom. The quantitative estimate of drug-likeness (QED) is 0.347. The second-order valence-corrected chi connectivity index (χ2v) is 10.5. The summed E-state index contributed by atoms with van der Waals surface area (Å²) in [6.45, 7) is 11.3. The van der Waals surface area contributed by atoms with E-state index in [4.69, 9.17) is 4.43 Å². The van der Waals surface area contributed by atoms with E-state index in [9.17, 15) is 0 Å². The van der Waals surface area contributed by atoms with Crippen LogP contribution in [-0.2, 0) is 4.43 Å². The van der Waals surface area contributed by atoms with Crippen LogP contribution in [0.3, 0.4) is 0 Å². The molecule has 0 N–H and O–H groups in total. The van der Waals surface area contributed by atoms with Crippen LogP contribution < -0.4 is 0 Å². The highest BCUT2D eigenvalue weighted by Crippen LogP contribution is 2.22. The van der Waals surface area contributed by atoms with E-state index in [2.05, 4.69) is 33.5 Å². The molecule has 0 aliphatic rings. The Balaban J connectivity index is 3.77. The van der Waals surface area contributed by atoms with Crippen LogP contribution in [-0.4, -0.2) is 19.5 Å². The van der Waals surface area contributed by atoms with Crippen LogP contribution in [0.1, 0.15) is 39.5 Å². The van der Waals surface area contributed by atoms with Crippen LogP contribution in [0.15, 0.2) is 0 Å². The third kappa shape index (κ3) is 9.10. The van der Waals surface area contributed by atoms with Crippen molar-refractivity contribution in [2.75, 3.05) is 5.75 Å². The monoisotopic (exact) mass is 234 g/mol. The van der Waals surface area contributed by atoms with Gasteiger partial charge in [0, 0.05) is 0 Å². The maximum absolute atomic E-state index is 6.13. The molecular weight excluding hydrogens is 208 g/mol. The standard InChI is InChI=1S/C11H26OSSi/c1-6-8-9-10-11(13-7-2)12-14(3,4)5/h11H,6-10H2,1-5H3. The molecule has 0 aromatic rings. The molecule has 0 spiro atoms. The smallest absolute Gasteiger partial charge is 0.185 e. The molecule has 1 unspecified atom stereocenters. The van der Waals surface area contributed by atoms with Crippen LogP contribution in [0, 0.1) is 0 Å². The van der Waals surface area contributed by atoms with E-state index in [1.165, 1.54) is 31.4 Å². The predicted molar refractivity (Wildman–Crippen MR) is 70.5 cm³/mol. The summed E-state index contributed by atoms with van der Waals surface area (Å²) in [6, 6.07) is 0. The molecule has 0 amide bonds. The van der Waals surface area contributed by atoms with Gasteiger partial charge in [-0.25, -0.2) is 0 Å². The zero-order valence-corrected chi connectivity index (χ0v) is 12.2. The highest BCUT2D eigenvalue weighted by Gasteiger charge is 2.20. The summed E-state index contributed by atoms with van der Waals surface area (Å²) < 4.78 is 6.13. The number of rotatable bonds is 8. The molecule has 1 atom stereocenters. The molecule has 0 rings (SSSR count). The third-order valence-electron chi connectivity index (χ3n) is 1.88. The van der Waals surface area contributed by atoms with Gasteiger partial charge < -0.3 is 4.43 Å². The van der Waals surface area contributed by atoms with E-state index in [1.807, 2.05) is 11.8 Å². The van der Waals surface area contributed by atoms with Gasteiger partial charge in [-0.15, -0.1) is 11.8 Å². The summed E-state index contributed by atoms with van der Waals surface area (Å²) >= 11 is 1.97. The third-order valence-corrected chi connectivity index (χ3v) is 4.08. The van der Waals surface area contributed by atoms with Gasteiger partial charge >= 0.3 is 0 Å². The van der Waals surface area contributed by atoms with Gasteiger partial charge in [0.1, 0.15) is 0 Å². The van der Waals surface area contributed by atoms with Crippen molar-refractivity contribution >= 4 is 20.1 Å². The molecule has 0 saturated heterocycles. The first kappa shape index (κ1) is 14.5. The average molecular weight is 234 g/mol. The van der Waals surface area contributed by atoms with Gasteiger partial charge in [0.2, 0.25) is 0 Å². The lowest BCUT2D eigenvalue weighted by Crippen LogP contribution is -2.30. The minimum atomic E-state index is -1.34. The molecule has 0 heterocycles. The Morgan fingerprint density at radius 3 is 2.21 bits per heavy atom. The van der Waals surface area contributed by atoms with E-state index in [0.717, 1.165) is 0 Å². The second-order valence-electron chi connectivity index (χ2n) is 4.61. The minimum Gasteiger partial charge on any atom is -0.406 e. The van der Waals surface area contributed by atoms with Crippen LogP contribution in [0.2, 0.25) is 19.6 Å². The van der Waals surface area contributed by atoms with Gasteiger partial charge in [-0.2, -0.15) is 0 Å². The van der Waals surface area contributed by atoms with E-state index >= 15 is 0 Å². The molecule has 0 aliphatic carbocycles. The summed E-state index contributed by atoms with van der Waals surface area (Å²) in [6.07, 6.45) is 5.20. The SMILES string of the molecule is CCCCCC(O[Si](C)(C)C)SCC.